The van der Waals surface area contributed by atoms with Crippen LogP contribution in [0.5, 0.6) is 0 Å². The fourth-order valence-electron chi connectivity index (χ4n) is 12.6. The number of carbonyl (C=O) groups is 2. The number of hydrogen-bond acceptors (Lipinski definition) is 3. The summed E-state index contributed by atoms with van der Waals surface area (Å²) in [6, 6.07) is 7.58. The Morgan fingerprint density at radius 1 is 0.818 bits per heavy atom. The number of allylic oxidation sites excluding steroid dienone is 3. The molecule has 1 heterocycles. The lowest BCUT2D eigenvalue weighted by Crippen LogP contribution is -2.58. The number of piperidine rings is 1. The van der Waals surface area contributed by atoms with Crippen molar-refractivity contribution < 1.29 is 14.7 Å². The average molecular weight is 751 g/mol. The second kappa shape index (κ2) is 22.1. The normalized spacial score (nSPS) is 32.2. The van der Waals surface area contributed by atoms with Gasteiger partial charge < -0.3 is 15.3 Å². The van der Waals surface area contributed by atoms with Crippen LogP contribution >= 0.6 is 0 Å². The maximum absolute atomic E-state index is 13.9. The number of nitrogens with one attached hydrogen (secondary N) is 1. The van der Waals surface area contributed by atoms with Gasteiger partial charge in [0.15, 0.2) is 0 Å². The minimum absolute atomic E-state index is 0.0546. The molecule has 5 nitrogen and oxygen atoms in total. The molecule has 1 aliphatic heterocycles. The summed E-state index contributed by atoms with van der Waals surface area (Å²) in [6.45, 7) is 21.0. The Morgan fingerprint density at radius 3 is 2.00 bits per heavy atom. The largest absolute Gasteiger partial charge is 0.478 e. The monoisotopic (exact) mass is 751 g/mol. The SMILES string of the molecule is C#C.C#C.C#C.C=CC.CC.CC1(C)C(c2ccc(C(=O)O)cc2)=CC[C@]2(C)C3CCC4C(CC[C@@]5(C(=O)NCCN6CCCCC6)CCCC45)C3CCC12. The highest BCUT2D eigenvalue weighted by Crippen LogP contribution is 2.69. The highest BCUT2D eigenvalue weighted by Gasteiger charge is 2.62. The molecule has 5 heteroatoms. The number of amides is 1. The van der Waals surface area contributed by atoms with Crippen LogP contribution in [0.1, 0.15) is 141 Å². The molecule has 5 aliphatic carbocycles. The highest BCUT2D eigenvalue weighted by molar-refractivity contribution is 5.88. The Kier molecular flexibility index (Phi) is 19.1. The third-order valence-electron chi connectivity index (χ3n) is 14.5. The number of likely N-dealkylation sites (tertiary alicyclic amines) is 1. The molecule has 1 aromatic rings. The fraction of sp³-hybridized carbons (Fsp3) is 0.640. The van der Waals surface area contributed by atoms with Crippen molar-refractivity contribution in [1.29, 1.82) is 0 Å². The van der Waals surface area contributed by atoms with Gasteiger partial charge in [-0.1, -0.05) is 71.7 Å². The Bertz CT molecular complexity index is 1450. The van der Waals surface area contributed by atoms with Gasteiger partial charge in [-0.25, -0.2) is 4.79 Å². The van der Waals surface area contributed by atoms with Crippen molar-refractivity contribution in [3.63, 3.8) is 0 Å². The van der Waals surface area contributed by atoms with E-state index in [1.807, 2.05) is 32.9 Å². The van der Waals surface area contributed by atoms with E-state index in [1.54, 1.807) is 18.2 Å². The molecular weight excluding hydrogens is 677 g/mol. The van der Waals surface area contributed by atoms with E-state index >= 15 is 0 Å². The van der Waals surface area contributed by atoms with Crippen molar-refractivity contribution in [3.05, 3.63) is 54.1 Å². The van der Waals surface area contributed by atoms with E-state index in [0.717, 1.165) is 56.0 Å². The van der Waals surface area contributed by atoms with Crippen LogP contribution in [0.3, 0.4) is 0 Å². The number of hydrogen-bond donors (Lipinski definition) is 2. The molecule has 7 rings (SSSR count). The first-order valence-corrected chi connectivity index (χ1v) is 21.2. The summed E-state index contributed by atoms with van der Waals surface area (Å²) < 4.78 is 0. The number of benzene rings is 1. The van der Waals surface area contributed by atoms with Crippen molar-refractivity contribution >= 4 is 17.4 Å². The maximum atomic E-state index is 13.9. The van der Waals surface area contributed by atoms with Gasteiger partial charge in [0.1, 0.15) is 0 Å². The number of terminal acetylenes is 3. The molecule has 55 heavy (non-hydrogen) atoms. The van der Waals surface area contributed by atoms with Gasteiger partial charge >= 0.3 is 5.97 Å². The predicted octanol–water partition coefficient (Wildman–Crippen LogP) is 11.0. The smallest absolute Gasteiger partial charge is 0.335 e. The van der Waals surface area contributed by atoms with Gasteiger partial charge in [0.05, 0.1) is 11.0 Å². The zero-order chi connectivity index (χ0) is 41.4. The van der Waals surface area contributed by atoms with Crippen LogP contribution in [-0.2, 0) is 4.79 Å². The third kappa shape index (κ3) is 9.81. The number of fused-ring (bicyclic) bond motifs is 7. The number of carboxylic acid groups (broad SMARTS) is 1. The molecule has 302 valence electrons. The summed E-state index contributed by atoms with van der Waals surface area (Å²) in [7, 11) is 0. The standard InChI is InChI=1S/C39H56N2O3.C3H6.C2H6.3C2H2/c1-37(2)31(26-9-11-27(12-10-26)35(42)43)18-20-38(3)32-15-13-30-28(29(32)14-16-34(37)38)17-21-39(19-7-8-33(30)39)36(44)40-22-25-41-23-5-4-6-24-41;1-3-2;4*1-2/h9-12,18,28-30,32-34H,4-8,13-17,19-25H2,1-3H3,(H,40,44)(H,42,43);3H,1H2,2H3;1-2H3;3*1-2H/t28?,29?,30?,32?,33?,34?,38-,39+;;;;;/m1...../s1. The second-order valence-electron chi connectivity index (χ2n) is 17.0. The fourth-order valence-corrected chi connectivity index (χ4v) is 12.6. The lowest BCUT2D eigenvalue weighted by atomic mass is 9.40. The van der Waals surface area contributed by atoms with E-state index in [1.165, 1.54) is 88.4 Å². The zero-order valence-corrected chi connectivity index (χ0v) is 35.3. The first kappa shape index (κ1) is 47.4. The van der Waals surface area contributed by atoms with E-state index in [-0.39, 0.29) is 10.8 Å². The summed E-state index contributed by atoms with van der Waals surface area (Å²) in [6.07, 6.45) is 44.6. The average Bonchev–Trinajstić information content (AvgIpc) is 3.68. The molecule has 0 spiro atoms. The summed E-state index contributed by atoms with van der Waals surface area (Å²) >= 11 is 0. The summed E-state index contributed by atoms with van der Waals surface area (Å²) in [5.74, 6) is 3.85. The highest BCUT2D eigenvalue weighted by atomic mass is 16.4. The topological polar surface area (TPSA) is 69.6 Å². The van der Waals surface area contributed by atoms with Gasteiger partial charge in [0.25, 0.3) is 0 Å². The molecular formula is C50H74N2O3. The van der Waals surface area contributed by atoms with Crippen molar-refractivity contribution in [2.75, 3.05) is 26.2 Å². The Morgan fingerprint density at radius 2 is 1.40 bits per heavy atom. The van der Waals surface area contributed by atoms with Gasteiger partial charge in [0.2, 0.25) is 5.91 Å². The van der Waals surface area contributed by atoms with Crippen molar-refractivity contribution in [2.45, 2.75) is 125 Å². The molecule has 6 aliphatic rings. The molecule has 0 bridgehead atoms. The Hall–Kier alpha value is -3.72. The van der Waals surface area contributed by atoms with Gasteiger partial charge in [-0.15, -0.1) is 45.1 Å². The van der Waals surface area contributed by atoms with Crippen molar-refractivity contribution in [2.24, 2.45) is 51.8 Å². The number of carboxylic acids is 1. The molecule has 6 unspecified atom stereocenters. The minimum Gasteiger partial charge on any atom is -0.478 e. The Balaban J connectivity index is 0.000000870. The van der Waals surface area contributed by atoms with Crippen LogP contribution in [0.25, 0.3) is 5.57 Å². The first-order valence-electron chi connectivity index (χ1n) is 21.2. The minimum atomic E-state index is -0.860. The van der Waals surface area contributed by atoms with Crippen molar-refractivity contribution in [1.82, 2.24) is 10.2 Å². The molecule has 1 amide bonds. The van der Waals surface area contributed by atoms with E-state index in [9.17, 15) is 14.7 Å². The number of rotatable bonds is 6. The molecule has 0 radical (unpaired) electrons. The molecule has 1 saturated heterocycles. The van der Waals surface area contributed by atoms with Crippen molar-refractivity contribution in [3.8, 4) is 38.5 Å². The molecule has 2 N–H and O–H groups in total. The van der Waals surface area contributed by atoms with Crippen LogP contribution in [-0.4, -0.2) is 48.1 Å². The third-order valence-corrected chi connectivity index (χ3v) is 14.5. The van der Waals surface area contributed by atoms with E-state index < -0.39 is 5.97 Å². The quantitative estimate of drug-likeness (QED) is 0.224. The summed E-state index contributed by atoms with van der Waals surface area (Å²) in [4.78, 5) is 27.9. The number of aromatic carboxylic acids is 1. The maximum Gasteiger partial charge on any atom is 0.335 e. The summed E-state index contributed by atoms with van der Waals surface area (Å²) in [5.41, 5.74) is 3.21. The van der Waals surface area contributed by atoms with E-state index in [4.69, 9.17) is 0 Å². The second-order valence-corrected chi connectivity index (χ2v) is 17.0. The van der Waals surface area contributed by atoms with Crippen LogP contribution in [0.4, 0.5) is 0 Å². The predicted molar refractivity (Wildman–Crippen MR) is 233 cm³/mol. The van der Waals surface area contributed by atoms with Gasteiger partial charge in [0, 0.05) is 13.1 Å². The van der Waals surface area contributed by atoms with Gasteiger partial charge in [-0.3, -0.25) is 4.79 Å². The van der Waals surface area contributed by atoms with Crippen LogP contribution < -0.4 is 5.32 Å². The number of nitrogens with zero attached hydrogens (tertiary/aromatic N) is 1. The summed E-state index contributed by atoms with van der Waals surface area (Å²) in [5, 5.41) is 12.9. The molecule has 5 fully saturated rings. The Labute approximate surface area is 337 Å². The van der Waals surface area contributed by atoms with Gasteiger partial charge in [-0.05, 0) is 160 Å². The first-order chi connectivity index (χ1) is 26.6. The lowest BCUT2D eigenvalue weighted by molar-refractivity contribution is -0.151. The lowest BCUT2D eigenvalue weighted by Gasteiger charge is -2.64. The number of carbonyl (C=O) groups excluding carboxylic acids is 1. The molecule has 8 atom stereocenters. The van der Waals surface area contributed by atoms with Crippen LogP contribution in [0.2, 0.25) is 0 Å². The zero-order valence-electron chi connectivity index (χ0n) is 35.3. The van der Waals surface area contributed by atoms with E-state index in [2.05, 4.69) is 82.2 Å². The van der Waals surface area contributed by atoms with Crippen LogP contribution in [0, 0.1) is 90.3 Å². The molecule has 4 saturated carbocycles. The van der Waals surface area contributed by atoms with Gasteiger partial charge in [-0.2, -0.15) is 0 Å². The molecule has 1 aromatic carbocycles. The van der Waals surface area contributed by atoms with Crippen LogP contribution in [0.15, 0.2) is 43.0 Å². The molecule has 0 aromatic heterocycles. The van der Waals surface area contributed by atoms with E-state index in [0.29, 0.717) is 28.7 Å².